The van der Waals surface area contributed by atoms with Gasteiger partial charge in [-0.25, -0.2) is 0 Å². The first-order valence-electron chi connectivity index (χ1n) is 7.63. The topological polar surface area (TPSA) is 44.5 Å². The monoisotopic (exact) mass is 265 g/mol. The number of rotatable bonds is 6. The molecule has 1 fully saturated rings. The van der Waals surface area contributed by atoms with Gasteiger partial charge in [-0.15, -0.1) is 0 Å². The molecule has 2 aliphatic carbocycles. The molecule has 0 aromatic carbocycles. The van der Waals surface area contributed by atoms with E-state index in [0.717, 1.165) is 24.7 Å². The molecule has 0 radical (unpaired) electrons. The van der Waals surface area contributed by atoms with Crippen LogP contribution in [0.3, 0.4) is 0 Å². The standard InChI is InChI=1S/C16H27NO2/c1-13(11-17)19-16-9-5-8-15(10-16)18-12-14-6-3-2-4-7-14/h5,8-9,13-14,16H,2-4,6-7,10-12,17H2,1H3/t13-,16?/m1/s1. The van der Waals surface area contributed by atoms with Gasteiger partial charge < -0.3 is 15.2 Å². The molecule has 0 spiro atoms. The Bertz CT molecular complexity index is 319. The zero-order valence-corrected chi connectivity index (χ0v) is 12.0. The lowest BCUT2D eigenvalue weighted by Crippen LogP contribution is -2.27. The summed E-state index contributed by atoms with van der Waals surface area (Å²) in [6, 6.07) is 0. The van der Waals surface area contributed by atoms with Gasteiger partial charge in [0, 0.05) is 13.0 Å². The highest BCUT2D eigenvalue weighted by atomic mass is 16.5. The fourth-order valence-corrected chi connectivity index (χ4v) is 2.75. The van der Waals surface area contributed by atoms with Crippen molar-refractivity contribution in [1.82, 2.24) is 0 Å². The first-order valence-corrected chi connectivity index (χ1v) is 7.63. The third kappa shape index (κ3) is 5.00. The van der Waals surface area contributed by atoms with Crippen LogP contribution in [0.5, 0.6) is 0 Å². The van der Waals surface area contributed by atoms with E-state index in [-0.39, 0.29) is 12.2 Å². The van der Waals surface area contributed by atoms with E-state index in [1.807, 2.05) is 13.0 Å². The van der Waals surface area contributed by atoms with Crippen LogP contribution in [-0.2, 0) is 9.47 Å². The highest BCUT2D eigenvalue weighted by Gasteiger charge is 2.18. The fraction of sp³-hybridized carbons (Fsp3) is 0.750. The third-order valence-electron chi connectivity index (χ3n) is 3.98. The van der Waals surface area contributed by atoms with E-state index in [9.17, 15) is 0 Å². The Balaban J connectivity index is 1.71. The molecule has 0 amide bonds. The molecule has 0 bridgehead atoms. The third-order valence-corrected chi connectivity index (χ3v) is 3.98. The van der Waals surface area contributed by atoms with Crippen LogP contribution in [0.2, 0.25) is 0 Å². The molecule has 2 aliphatic rings. The summed E-state index contributed by atoms with van der Waals surface area (Å²) in [5.41, 5.74) is 5.59. The smallest absolute Gasteiger partial charge is 0.0988 e. The van der Waals surface area contributed by atoms with Gasteiger partial charge in [-0.3, -0.25) is 0 Å². The zero-order valence-electron chi connectivity index (χ0n) is 12.0. The van der Waals surface area contributed by atoms with Crippen LogP contribution in [-0.4, -0.2) is 25.4 Å². The second-order valence-corrected chi connectivity index (χ2v) is 5.76. The second kappa shape index (κ2) is 7.71. The first kappa shape index (κ1) is 14.6. The number of nitrogens with two attached hydrogens (primary N) is 1. The summed E-state index contributed by atoms with van der Waals surface area (Å²) in [6.07, 6.45) is 14.0. The van der Waals surface area contributed by atoms with Crippen molar-refractivity contribution in [2.24, 2.45) is 11.7 Å². The van der Waals surface area contributed by atoms with Crippen molar-refractivity contribution < 1.29 is 9.47 Å². The van der Waals surface area contributed by atoms with Crippen LogP contribution in [0, 0.1) is 5.92 Å². The van der Waals surface area contributed by atoms with Gasteiger partial charge in [0.15, 0.2) is 0 Å². The Kier molecular flexibility index (Phi) is 5.93. The number of allylic oxidation sites excluding steroid dienone is 2. The molecule has 0 saturated heterocycles. The molecule has 3 heteroatoms. The minimum atomic E-state index is 0.104. The van der Waals surface area contributed by atoms with Crippen LogP contribution >= 0.6 is 0 Å². The summed E-state index contributed by atoms with van der Waals surface area (Å²) in [6.45, 7) is 3.44. The van der Waals surface area contributed by atoms with Gasteiger partial charge in [-0.05, 0) is 31.8 Å². The molecule has 1 unspecified atom stereocenters. The summed E-state index contributed by atoms with van der Waals surface area (Å²) in [7, 11) is 0. The van der Waals surface area contributed by atoms with E-state index >= 15 is 0 Å². The Morgan fingerprint density at radius 1 is 1.32 bits per heavy atom. The number of hydrogen-bond donors (Lipinski definition) is 1. The van der Waals surface area contributed by atoms with Crippen LogP contribution in [0.4, 0.5) is 0 Å². The Labute approximate surface area is 116 Å². The highest BCUT2D eigenvalue weighted by molar-refractivity contribution is 5.17. The largest absolute Gasteiger partial charge is 0.498 e. The molecule has 0 aliphatic heterocycles. The Morgan fingerprint density at radius 2 is 2.11 bits per heavy atom. The van der Waals surface area contributed by atoms with Gasteiger partial charge in [0.25, 0.3) is 0 Å². The van der Waals surface area contributed by atoms with Crippen molar-refractivity contribution in [2.75, 3.05) is 13.2 Å². The minimum absolute atomic E-state index is 0.104. The summed E-state index contributed by atoms with van der Waals surface area (Å²) >= 11 is 0. The lowest BCUT2D eigenvalue weighted by atomic mass is 9.90. The minimum Gasteiger partial charge on any atom is -0.498 e. The van der Waals surface area contributed by atoms with Crippen molar-refractivity contribution in [3.8, 4) is 0 Å². The molecular weight excluding hydrogens is 238 g/mol. The zero-order chi connectivity index (χ0) is 13.5. The molecule has 0 aromatic heterocycles. The summed E-state index contributed by atoms with van der Waals surface area (Å²) in [5.74, 6) is 1.81. The average Bonchev–Trinajstić information content (AvgIpc) is 2.46. The van der Waals surface area contributed by atoms with E-state index in [4.69, 9.17) is 15.2 Å². The van der Waals surface area contributed by atoms with Gasteiger partial charge >= 0.3 is 0 Å². The van der Waals surface area contributed by atoms with Crippen LogP contribution in [0.1, 0.15) is 45.4 Å². The summed E-state index contributed by atoms with van der Waals surface area (Å²) in [5, 5.41) is 0. The maximum atomic E-state index is 5.97. The Morgan fingerprint density at radius 3 is 2.84 bits per heavy atom. The average molecular weight is 265 g/mol. The van der Waals surface area contributed by atoms with Crippen molar-refractivity contribution in [2.45, 2.75) is 57.7 Å². The van der Waals surface area contributed by atoms with Gasteiger partial charge in [0.2, 0.25) is 0 Å². The maximum absolute atomic E-state index is 5.97. The SMILES string of the molecule is C[C@H](CN)OC1C=CC=C(OCC2CCCCC2)C1. The van der Waals surface area contributed by atoms with Crippen molar-refractivity contribution in [3.63, 3.8) is 0 Å². The maximum Gasteiger partial charge on any atom is 0.0988 e. The molecule has 0 aromatic rings. The molecule has 2 atom stereocenters. The van der Waals surface area contributed by atoms with Gasteiger partial charge in [0.05, 0.1) is 24.6 Å². The van der Waals surface area contributed by atoms with E-state index in [2.05, 4.69) is 12.2 Å². The van der Waals surface area contributed by atoms with Crippen molar-refractivity contribution >= 4 is 0 Å². The Hall–Kier alpha value is -0.800. The molecule has 108 valence electrons. The predicted molar refractivity (Wildman–Crippen MR) is 77.8 cm³/mol. The van der Waals surface area contributed by atoms with Crippen molar-refractivity contribution in [1.29, 1.82) is 0 Å². The highest BCUT2D eigenvalue weighted by Crippen LogP contribution is 2.26. The number of ether oxygens (including phenoxy) is 2. The van der Waals surface area contributed by atoms with Crippen molar-refractivity contribution in [3.05, 3.63) is 24.0 Å². The van der Waals surface area contributed by atoms with E-state index in [1.165, 1.54) is 32.1 Å². The second-order valence-electron chi connectivity index (χ2n) is 5.76. The normalized spacial score (nSPS) is 26.0. The lowest BCUT2D eigenvalue weighted by Gasteiger charge is -2.25. The molecule has 3 nitrogen and oxygen atoms in total. The van der Waals surface area contributed by atoms with Crippen LogP contribution in [0.15, 0.2) is 24.0 Å². The summed E-state index contributed by atoms with van der Waals surface area (Å²) in [4.78, 5) is 0. The van der Waals surface area contributed by atoms with Gasteiger partial charge in [0.1, 0.15) is 0 Å². The molecule has 0 heterocycles. The summed E-state index contributed by atoms with van der Waals surface area (Å²) < 4.78 is 11.8. The van der Waals surface area contributed by atoms with E-state index < -0.39 is 0 Å². The van der Waals surface area contributed by atoms with Crippen LogP contribution < -0.4 is 5.73 Å². The molecule has 2 rings (SSSR count). The van der Waals surface area contributed by atoms with E-state index in [1.54, 1.807) is 0 Å². The lowest BCUT2D eigenvalue weighted by molar-refractivity contribution is 0.0174. The molecule has 1 saturated carbocycles. The van der Waals surface area contributed by atoms with Gasteiger partial charge in [-0.2, -0.15) is 0 Å². The fourth-order valence-electron chi connectivity index (χ4n) is 2.75. The molecular formula is C16H27NO2. The van der Waals surface area contributed by atoms with E-state index in [0.29, 0.717) is 6.54 Å². The predicted octanol–water partition coefficient (Wildman–Crippen LogP) is 3.16. The number of hydrogen-bond acceptors (Lipinski definition) is 3. The van der Waals surface area contributed by atoms with Gasteiger partial charge in [-0.1, -0.05) is 31.4 Å². The molecule has 2 N–H and O–H groups in total. The first-order chi connectivity index (χ1) is 9.28. The molecule has 19 heavy (non-hydrogen) atoms. The van der Waals surface area contributed by atoms with Crippen LogP contribution in [0.25, 0.3) is 0 Å². The quantitative estimate of drug-likeness (QED) is 0.802.